The fourth-order valence-corrected chi connectivity index (χ4v) is 3.07. The van der Waals surface area contributed by atoms with Gasteiger partial charge in [0.25, 0.3) is 0 Å². The minimum Gasteiger partial charge on any atom is -0.338 e. The van der Waals surface area contributed by atoms with Gasteiger partial charge in [0, 0.05) is 41.7 Å². The molecule has 0 saturated carbocycles. The predicted octanol–water partition coefficient (Wildman–Crippen LogP) is 4.79. The van der Waals surface area contributed by atoms with Crippen molar-refractivity contribution >= 4 is 45.8 Å². The number of carbonyl (C=O) groups is 2. The van der Waals surface area contributed by atoms with Gasteiger partial charge in [0.05, 0.1) is 5.02 Å². The molecule has 0 fully saturated rings. The number of amides is 3. The van der Waals surface area contributed by atoms with Crippen LogP contribution < -0.4 is 16.0 Å². The highest BCUT2D eigenvalue weighted by Crippen LogP contribution is 2.35. The highest BCUT2D eigenvalue weighted by atomic mass is 35.5. The molecular formula is C20H18ClFN4O2. The first kappa shape index (κ1) is 19.6. The Hall–Kier alpha value is -3.19. The number of pyridine rings is 1. The summed E-state index contributed by atoms with van der Waals surface area (Å²) >= 11 is 6.34. The van der Waals surface area contributed by atoms with E-state index in [0.717, 1.165) is 0 Å². The number of carbonyl (C=O) groups excluding carboxylic acids is 2. The number of anilines is 2. The zero-order valence-electron chi connectivity index (χ0n) is 15.3. The highest BCUT2D eigenvalue weighted by molar-refractivity contribution is 6.36. The van der Waals surface area contributed by atoms with Crippen LogP contribution in [0.5, 0.6) is 0 Å². The molecule has 1 aromatic heterocycles. The molecule has 0 aliphatic carbocycles. The third-order valence-electron chi connectivity index (χ3n) is 3.98. The van der Waals surface area contributed by atoms with E-state index in [4.69, 9.17) is 11.6 Å². The number of benzene rings is 2. The summed E-state index contributed by atoms with van der Waals surface area (Å²) in [5, 5.41) is 8.80. The average Bonchev–Trinajstić information content (AvgIpc) is 2.64. The molecular weight excluding hydrogens is 383 g/mol. The number of urea groups is 1. The predicted molar refractivity (Wildman–Crippen MR) is 109 cm³/mol. The van der Waals surface area contributed by atoms with Crippen LogP contribution in [0.1, 0.15) is 13.8 Å². The number of nitrogens with zero attached hydrogens (tertiary/aromatic N) is 1. The topological polar surface area (TPSA) is 83.1 Å². The van der Waals surface area contributed by atoms with Crippen molar-refractivity contribution in [3.05, 3.63) is 53.4 Å². The quantitative estimate of drug-likeness (QED) is 0.588. The normalized spacial score (nSPS) is 10.6. The number of hydrogen-bond acceptors (Lipinski definition) is 3. The lowest BCUT2D eigenvalue weighted by atomic mass is 10.0. The Labute approximate surface area is 166 Å². The first-order valence-electron chi connectivity index (χ1n) is 8.59. The zero-order chi connectivity index (χ0) is 20.3. The SMILES string of the molecule is CCNC(=O)Nc1cc2c(F)c(-c3cccc(NC(C)=O)c3)cc(Cl)c2cn1. The third-order valence-corrected chi connectivity index (χ3v) is 4.29. The Kier molecular flexibility index (Phi) is 5.75. The summed E-state index contributed by atoms with van der Waals surface area (Å²) in [6, 6.07) is 9.34. The number of hydrogen-bond donors (Lipinski definition) is 3. The van der Waals surface area contributed by atoms with E-state index >= 15 is 4.39 Å². The standard InChI is InChI=1S/C20H18ClFN4O2/c1-3-23-20(28)26-18-9-15-16(10-24-18)17(21)8-14(19(15)22)12-5-4-6-13(7-12)25-11(2)27/h4-10H,3H2,1-2H3,(H,25,27)(H2,23,24,26,28). The van der Waals surface area contributed by atoms with Crippen LogP contribution in [-0.2, 0) is 4.79 Å². The van der Waals surface area contributed by atoms with Crippen molar-refractivity contribution in [2.45, 2.75) is 13.8 Å². The Morgan fingerprint density at radius 1 is 1.14 bits per heavy atom. The fourth-order valence-electron chi connectivity index (χ4n) is 2.81. The number of rotatable bonds is 4. The van der Waals surface area contributed by atoms with Gasteiger partial charge in [-0.05, 0) is 36.8 Å². The van der Waals surface area contributed by atoms with E-state index in [-0.39, 0.29) is 22.7 Å². The number of halogens is 2. The van der Waals surface area contributed by atoms with Gasteiger partial charge in [-0.15, -0.1) is 0 Å². The van der Waals surface area contributed by atoms with Crippen molar-refractivity contribution in [2.24, 2.45) is 0 Å². The summed E-state index contributed by atoms with van der Waals surface area (Å²) in [4.78, 5) is 27.1. The Balaban J connectivity index is 2.08. The van der Waals surface area contributed by atoms with Crippen molar-refractivity contribution in [1.29, 1.82) is 0 Å². The molecule has 0 aliphatic rings. The van der Waals surface area contributed by atoms with Crippen LogP contribution in [-0.4, -0.2) is 23.5 Å². The van der Waals surface area contributed by atoms with Gasteiger partial charge in [-0.2, -0.15) is 0 Å². The summed E-state index contributed by atoms with van der Waals surface area (Å²) in [7, 11) is 0. The molecule has 2 aromatic carbocycles. The number of fused-ring (bicyclic) bond motifs is 1. The second-order valence-electron chi connectivity index (χ2n) is 6.08. The first-order valence-corrected chi connectivity index (χ1v) is 8.97. The van der Waals surface area contributed by atoms with Crippen LogP contribution in [0.25, 0.3) is 21.9 Å². The highest BCUT2D eigenvalue weighted by Gasteiger charge is 2.15. The molecule has 0 aliphatic heterocycles. The van der Waals surface area contributed by atoms with Gasteiger partial charge < -0.3 is 10.6 Å². The summed E-state index contributed by atoms with van der Waals surface area (Å²) < 4.78 is 15.3. The van der Waals surface area contributed by atoms with E-state index in [0.29, 0.717) is 28.2 Å². The van der Waals surface area contributed by atoms with E-state index in [1.54, 1.807) is 31.2 Å². The average molecular weight is 401 g/mol. The molecule has 0 radical (unpaired) electrons. The lowest BCUT2D eigenvalue weighted by molar-refractivity contribution is -0.114. The Bertz CT molecular complexity index is 1070. The molecule has 3 amide bonds. The van der Waals surface area contributed by atoms with Crippen molar-refractivity contribution in [3.8, 4) is 11.1 Å². The Morgan fingerprint density at radius 3 is 2.64 bits per heavy atom. The molecule has 3 N–H and O–H groups in total. The summed E-state index contributed by atoms with van der Waals surface area (Å²) in [6.45, 7) is 3.64. The first-order chi connectivity index (χ1) is 13.4. The van der Waals surface area contributed by atoms with E-state index < -0.39 is 11.8 Å². The van der Waals surface area contributed by atoms with Gasteiger partial charge in [0.1, 0.15) is 11.6 Å². The monoisotopic (exact) mass is 400 g/mol. The number of aromatic nitrogens is 1. The second-order valence-corrected chi connectivity index (χ2v) is 6.49. The Morgan fingerprint density at radius 2 is 1.93 bits per heavy atom. The summed E-state index contributed by atoms with van der Waals surface area (Å²) in [5.41, 5.74) is 1.39. The van der Waals surface area contributed by atoms with Gasteiger partial charge >= 0.3 is 6.03 Å². The molecule has 1 heterocycles. The van der Waals surface area contributed by atoms with Gasteiger partial charge in [0.15, 0.2) is 0 Å². The summed E-state index contributed by atoms with van der Waals surface area (Å²) in [5.74, 6) is -0.514. The summed E-state index contributed by atoms with van der Waals surface area (Å²) in [6.07, 6.45) is 1.42. The lowest BCUT2D eigenvalue weighted by Crippen LogP contribution is -2.28. The molecule has 3 aromatic rings. The van der Waals surface area contributed by atoms with Gasteiger partial charge in [0.2, 0.25) is 5.91 Å². The van der Waals surface area contributed by atoms with Gasteiger partial charge in [-0.25, -0.2) is 14.2 Å². The minimum absolute atomic E-state index is 0.206. The van der Waals surface area contributed by atoms with E-state index in [9.17, 15) is 9.59 Å². The van der Waals surface area contributed by atoms with Crippen LogP contribution in [0.3, 0.4) is 0 Å². The maximum atomic E-state index is 15.3. The second kappa shape index (κ2) is 8.22. The molecule has 0 saturated heterocycles. The van der Waals surface area contributed by atoms with E-state index in [2.05, 4.69) is 20.9 Å². The van der Waals surface area contributed by atoms with Gasteiger partial charge in [-0.1, -0.05) is 23.7 Å². The largest absolute Gasteiger partial charge is 0.338 e. The molecule has 0 unspecified atom stereocenters. The van der Waals surface area contributed by atoms with E-state index in [1.807, 2.05) is 0 Å². The molecule has 0 bridgehead atoms. The van der Waals surface area contributed by atoms with Crippen LogP contribution in [0.15, 0.2) is 42.6 Å². The van der Waals surface area contributed by atoms with Crippen molar-refractivity contribution < 1.29 is 14.0 Å². The molecule has 8 heteroatoms. The number of nitrogens with one attached hydrogen (secondary N) is 3. The fraction of sp³-hybridized carbons (Fsp3) is 0.150. The molecule has 28 heavy (non-hydrogen) atoms. The molecule has 144 valence electrons. The van der Waals surface area contributed by atoms with Crippen molar-refractivity contribution in [3.63, 3.8) is 0 Å². The van der Waals surface area contributed by atoms with Crippen LogP contribution in [0.2, 0.25) is 5.02 Å². The van der Waals surface area contributed by atoms with Crippen LogP contribution in [0, 0.1) is 5.82 Å². The van der Waals surface area contributed by atoms with E-state index in [1.165, 1.54) is 25.3 Å². The smallest absolute Gasteiger partial charge is 0.320 e. The van der Waals surface area contributed by atoms with Crippen LogP contribution in [0.4, 0.5) is 20.7 Å². The lowest BCUT2D eigenvalue weighted by Gasteiger charge is -2.12. The van der Waals surface area contributed by atoms with Crippen molar-refractivity contribution in [2.75, 3.05) is 17.2 Å². The maximum absolute atomic E-state index is 15.3. The minimum atomic E-state index is -0.499. The van der Waals surface area contributed by atoms with Crippen LogP contribution >= 0.6 is 11.6 Å². The van der Waals surface area contributed by atoms with Gasteiger partial charge in [-0.3, -0.25) is 10.1 Å². The molecule has 6 nitrogen and oxygen atoms in total. The third kappa shape index (κ3) is 4.20. The molecule has 0 atom stereocenters. The van der Waals surface area contributed by atoms with Crippen molar-refractivity contribution in [1.82, 2.24) is 10.3 Å². The molecule has 0 spiro atoms. The molecule has 3 rings (SSSR count). The zero-order valence-corrected chi connectivity index (χ0v) is 16.0. The maximum Gasteiger partial charge on any atom is 0.320 e.